The molecule has 7 heavy (non-hydrogen) atoms. The van der Waals surface area contributed by atoms with Gasteiger partial charge < -0.3 is 0 Å². The second-order valence-corrected chi connectivity index (χ2v) is 1.34. The normalized spacial score (nSPS) is 8.29. The molecular formula is H5AsNiO4S. The van der Waals surface area contributed by atoms with Gasteiger partial charge in [0.2, 0.25) is 0 Å². The predicted octanol–water partition coefficient (Wildman–Crippen LogP) is -1.84. The molecule has 0 aliphatic rings. The average Bonchev–Trinajstić information content (AvgIpc) is 0.722. The molecule has 50 valence electrons. The quantitative estimate of drug-likeness (QED) is 0.382. The van der Waals surface area contributed by atoms with Crippen LogP contribution in [0.5, 0.6) is 0 Å². The van der Waals surface area contributed by atoms with Gasteiger partial charge in [-0.25, -0.2) is 0 Å². The molecule has 0 aromatic rings. The maximum Gasteiger partial charge on any atom is 0 e. The van der Waals surface area contributed by atoms with Crippen molar-refractivity contribution in [1.29, 1.82) is 0 Å². The van der Waals surface area contributed by atoms with Gasteiger partial charge in [0.25, 0.3) is 0 Å². The Balaban J connectivity index is -0.0000000800. The van der Waals surface area contributed by atoms with Gasteiger partial charge in [-0.1, -0.05) is 0 Å². The average molecular weight is 235 g/mol. The summed E-state index contributed by atoms with van der Waals surface area (Å²) in [4.78, 5) is 0. The van der Waals surface area contributed by atoms with Crippen molar-refractivity contribution < 1.29 is 34.0 Å². The van der Waals surface area contributed by atoms with E-state index in [-0.39, 0.29) is 34.4 Å². The Labute approximate surface area is 62.5 Å². The smallest absolute Gasteiger partial charge is 0 e. The first kappa shape index (κ1) is 15.7. The fraction of sp³-hybridized carbons (Fsp3) is 0. The molecule has 0 amide bonds. The van der Waals surface area contributed by atoms with E-state index in [1.807, 2.05) is 0 Å². The van der Waals surface area contributed by atoms with Crippen molar-refractivity contribution in [2.75, 3.05) is 0 Å². The van der Waals surface area contributed by atoms with Crippen molar-refractivity contribution >= 4 is 28.4 Å². The third kappa shape index (κ3) is 197. The summed E-state index contributed by atoms with van der Waals surface area (Å²) in [5.41, 5.74) is 0. The van der Waals surface area contributed by atoms with Gasteiger partial charge in [-0.15, -0.1) is 0 Å². The summed E-state index contributed by atoms with van der Waals surface area (Å²) in [6.07, 6.45) is 0. The molecule has 0 saturated heterocycles. The van der Waals surface area contributed by atoms with Crippen LogP contribution in [-0.2, 0) is 26.9 Å². The molecule has 0 aromatic heterocycles. The topological polar surface area (TPSA) is 74.6 Å². The van der Waals surface area contributed by atoms with Crippen molar-refractivity contribution in [3.63, 3.8) is 0 Å². The van der Waals surface area contributed by atoms with Crippen molar-refractivity contribution in [3.05, 3.63) is 0 Å². The van der Waals surface area contributed by atoms with Crippen LogP contribution in [0.3, 0.4) is 0 Å². The SMILES string of the molecule is O=S(=O)(O)O.[AsH3].[Ni]. The summed E-state index contributed by atoms with van der Waals surface area (Å²) in [5, 5.41) is 0. The zero-order valence-corrected chi connectivity index (χ0v) is 7.91. The fourth-order valence-electron chi connectivity index (χ4n) is 0. The number of hydrogen-bond donors (Lipinski definition) is 2. The molecule has 0 aliphatic heterocycles. The van der Waals surface area contributed by atoms with Gasteiger partial charge in [0.05, 0.1) is 0 Å². The molecule has 1 atom stereocenters. The van der Waals surface area contributed by atoms with E-state index >= 15 is 0 Å². The van der Waals surface area contributed by atoms with Crippen LogP contribution in [0, 0.1) is 0 Å². The summed E-state index contributed by atoms with van der Waals surface area (Å²) >= 11 is 0. The van der Waals surface area contributed by atoms with Crippen LogP contribution in [0.4, 0.5) is 0 Å². The van der Waals surface area contributed by atoms with E-state index in [2.05, 4.69) is 0 Å². The molecule has 2 N–H and O–H groups in total. The second-order valence-electron chi connectivity index (χ2n) is 0.448. The molecule has 0 saturated carbocycles. The van der Waals surface area contributed by atoms with Crippen LogP contribution in [0.25, 0.3) is 0 Å². The summed E-state index contributed by atoms with van der Waals surface area (Å²) in [5.74, 6) is 0. The first-order valence-electron chi connectivity index (χ1n) is 0.698. The van der Waals surface area contributed by atoms with E-state index in [0.717, 1.165) is 0 Å². The molecular weight excluding hydrogens is 230 g/mol. The zero-order chi connectivity index (χ0) is 4.50. The van der Waals surface area contributed by atoms with Gasteiger partial charge in [0.1, 0.15) is 0 Å². The molecule has 0 spiro atoms. The maximum atomic E-state index is 8.74. The third-order valence-corrected chi connectivity index (χ3v) is 0. The Morgan fingerprint density at radius 1 is 1.14 bits per heavy atom. The Kier molecular flexibility index (Phi) is 11.3. The molecule has 1 unspecified atom stereocenters. The molecule has 0 heterocycles. The van der Waals surface area contributed by atoms with E-state index in [0.29, 0.717) is 0 Å². The molecule has 7 heteroatoms. The Morgan fingerprint density at radius 3 is 1.14 bits per heavy atom. The number of rotatable bonds is 0. The summed E-state index contributed by atoms with van der Waals surface area (Å²) < 4.78 is 31.6. The predicted molar refractivity (Wildman–Crippen MR) is 24.1 cm³/mol. The molecule has 0 aromatic carbocycles. The van der Waals surface area contributed by atoms with Crippen molar-refractivity contribution in [3.8, 4) is 0 Å². The van der Waals surface area contributed by atoms with Crippen LogP contribution in [0.2, 0.25) is 0 Å². The standard InChI is InChI=1S/AsH3.Ni.H2O4S/c;;1-5(2,3)4/h1H3;;(H2,1,2,3,4). The molecule has 0 aliphatic carbocycles. The van der Waals surface area contributed by atoms with Crippen LogP contribution in [0.15, 0.2) is 0 Å². The monoisotopic (exact) mass is 234 g/mol. The first-order valence-corrected chi connectivity index (χ1v) is 2.10. The molecule has 0 rings (SSSR count). The van der Waals surface area contributed by atoms with Crippen LogP contribution < -0.4 is 0 Å². The molecule has 4 nitrogen and oxygen atoms in total. The zero-order valence-electron chi connectivity index (χ0n) is 3.14. The van der Waals surface area contributed by atoms with Gasteiger partial charge in [0.15, 0.2) is 0 Å². The van der Waals surface area contributed by atoms with Crippen LogP contribution in [-0.4, -0.2) is 35.5 Å². The largest absolute Gasteiger partial charge is 0 e. The van der Waals surface area contributed by atoms with E-state index in [1.165, 1.54) is 0 Å². The Hall–Kier alpha value is 0.922. The van der Waals surface area contributed by atoms with Crippen molar-refractivity contribution in [2.45, 2.75) is 0 Å². The van der Waals surface area contributed by atoms with Crippen molar-refractivity contribution in [1.82, 2.24) is 0 Å². The third-order valence-electron chi connectivity index (χ3n) is 0. The maximum absolute atomic E-state index is 8.74. The Bertz CT molecular complexity index is 94.9. The fourth-order valence-corrected chi connectivity index (χ4v) is 0. The van der Waals surface area contributed by atoms with E-state index < -0.39 is 10.4 Å². The summed E-state index contributed by atoms with van der Waals surface area (Å²) in [7, 11) is -4.67. The minimum atomic E-state index is -4.67. The van der Waals surface area contributed by atoms with Gasteiger partial charge in [-0.05, 0) is 0 Å². The molecule has 0 bridgehead atoms. The van der Waals surface area contributed by atoms with Crippen molar-refractivity contribution in [2.24, 2.45) is 0 Å². The summed E-state index contributed by atoms with van der Waals surface area (Å²) in [6.45, 7) is 0. The van der Waals surface area contributed by atoms with Gasteiger partial charge in [-0.2, -0.15) is 8.42 Å². The first-order chi connectivity index (χ1) is 2.00. The van der Waals surface area contributed by atoms with Crippen LogP contribution >= 0.6 is 0 Å². The van der Waals surface area contributed by atoms with Gasteiger partial charge >= 0.3 is 28.4 Å². The van der Waals surface area contributed by atoms with Gasteiger partial charge in [0, 0.05) is 16.5 Å². The number of hydrogen-bond acceptors (Lipinski definition) is 2. The van der Waals surface area contributed by atoms with Gasteiger partial charge in [-0.3, -0.25) is 9.11 Å². The minimum absolute atomic E-state index is 0. The summed E-state index contributed by atoms with van der Waals surface area (Å²) in [6, 6.07) is 0. The molecule has 0 radical (unpaired) electrons. The molecule has 0 fully saturated rings. The second kappa shape index (κ2) is 5.07. The van der Waals surface area contributed by atoms with E-state index in [9.17, 15) is 0 Å². The minimum Gasteiger partial charge on any atom is 0 e. The van der Waals surface area contributed by atoms with E-state index in [1.54, 1.807) is 0 Å². The van der Waals surface area contributed by atoms with Crippen LogP contribution in [0.1, 0.15) is 0 Å². The van der Waals surface area contributed by atoms with E-state index in [4.69, 9.17) is 17.5 Å². The Morgan fingerprint density at radius 2 is 1.14 bits per heavy atom.